The largest absolute Gasteiger partial charge is 0.416 e. The van der Waals surface area contributed by atoms with Gasteiger partial charge in [-0.15, -0.1) is 0 Å². The first-order valence-corrected chi connectivity index (χ1v) is 10.8. The number of hydrogen-bond donors (Lipinski definition) is 0. The molecular formula is C24H26F4N2O. The van der Waals surface area contributed by atoms with Gasteiger partial charge in [-0.1, -0.05) is 24.3 Å². The zero-order valence-electron chi connectivity index (χ0n) is 17.2. The fourth-order valence-electron chi connectivity index (χ4n) is 4.70. The Bertz CT molecular complexity index is 895. The highest BCUT2D eigenvalue weighted by molar-refractivity contribution is 5.95. The topological polar surface area (TPSA) is 23.6 Å². The van der Waals surface area contributed by atoms with Crippen LogP contribution >= 0.6 is 0 Å². The maximum atomic E-state index is 13.2. The highest BCUT2D eigenvalue weighted by atomic mass is 19.4. The van der Waals surface area contributed by atoms with Gasteiger partial charge in [-0.2, -0.15) is 13.2 Å². The fraction of sp³-hybridized carbons (Fsp3) is 0.458. The van der Waals surface area contributed by atoms with Gasteiger partial charge in [0.2, 0.25) is 0 Å². The number of halogens is 4. The molecule has 1 unspecified atom stereocenters. The van der Waals surface area contributed by atoms with Crippen molar-refractivity contribution in [3.63, 3.8) is 0 Å². The SMILES string of the molecule is O=C(c1ccc(-c2ccc(C(F)(F)F)cc2)cc1)N1CCCC1CN1CCC[C@H]1CF. The van der Waals surface area contributed by atoms with Crippen LogP contribution < -0.4 is 0 Å². The third kappa shape index (κ3) is 4.76. The highest BCUT2D eigenvalue weighted by Crippen LogP contribution is 2.31. The quantitative estimate of drug-likeness (QED) is 0.588. The van der Waals surface area contributed by atoms with E-state index >= 15 is 0 Å². The first-order valence-electron chi connectivity index (χ1n) is 10.8. The second-order valence-corrected chi connectivity index (χ2v) is 8.39. The minimum atomic E-state index is -4.36. The Morgan fingerprint density at radius 1 is 0.871 bits per heavy atom. The first kappa shape index (κ1) is 21.8. The predicted molar refractivity (Wildman–Crippen MR) is 112 cm³/mol. The molecule has 2 aromatic carbocycles. The maximum absolute atomic E-state index is 13.2. The van der Waals surface area contributed by atoms with E-state index in [2.05, 4.69) is 4.90 Å². The van der Waals surface area contributed by atoms with Gasteiger partial charge in [0.05, 0.1) is 5.56 Å². The summed E-state index contributed by atoms with van der Waals surface area (Å²) < 4.78 is 51.5. The van der Waals surface area contributed by atoms with E-state index in [9.17, 15) is 22.4 Å². The molecule has 166 valence electrons. The van der Waals surface area contributed by atoms with E-state index in [1.807, 2.05) is 4.90 Å². The van der Waals surface area contributed by atoms with Gasteiger partial charge in [-0.05, 0) is 67.6 Å². The van der Waals surface area contributed by atoms with Gasteiger partial charge in [0.15, 0.2) is 0 Å². The summed E-state index contributed by atoms with van der Waals surface area (Å²) in [7, 11) is 0. The van der Waals surface area contributed by atoms with Crippen molar-refractivity contribution >= 4 is 5.91 Å². The molecule has 2 aromatic rings. The van der Waals surface area contributed by atoms with Crippen molar-refractivity contribution in [2.75, 3.05) is 26.3 Å². The van der Waals surface area contributed by atoms with Crippen LogP contribution in [-0.2, 0) is 6.18 Å². The molecule has 4 rings (SSSR count). The summed E-state index contributed by atoms with van der Waals surface area (Å²) in [6.45, 7) is 1.95. The number of benzene rings is 2. The van der Waals surface area contributed by atoms with E-state index < -0.39 is 11.7 Å². The zero-order chi connectivity index (χ0) is 22.0. The number of nitrogens with zero attached hydrogens (tertiary/aromatic N) is 2. The van der Waals surface area contributed by atoms with Crippen LogP contribution in [0.5, 0.6) is 0 Å². The van der Waals surface area contributed by atoms with Crippen LogP contribution in [0.15, 0.2) is 48.5 Å². The number of carbonyl (C=O) groups is 1. The Hall–Kier alpha value is -2.41. The molecule has 2 heterocycles. The summed E-state index contributed by atoms with van der Waals surface area (Å²) in [5, 5.41) is 0. The average Bonchev–Trinajstić information content (AvgIpc) is 3.42. The minimum Gasteiger partial charge on any atom is -0.334 e. The lowest BCUT2D eigenvalue weighted by Gasteiger charge is -2.31. The molecule has 31 heavy (non-hydrogen) atoms. The van der Waals surface area contributed by atoms with Gasteiger partial charge in [-0.3, -0.25) is 9.69 Å². The van der Waals surface area contributed by atoms with E-state index in [-0.39, 0.29) is 24.7 Å². The number of rotatable bonds is 5. The molecular weight excluding hydrogens is 408 g/mol. The van der Waals surface area contributed by atoms with Crippen molar-refractivity contribution in [2.45, 2.75) is 43.9 Å². The second-order valence-electron chi connectivity index (χ2n) is 8.39. The third-order valence-electron chi connectivity index (χ3n) is 6.44. The Balaban J connectivity index is 1.44. The Morgan fingerprint density at radius 3 is 2.06 bits per heavy atom. The molecule has 1 amide bonds. The number of hydrogen-bond acceptors (Lipinski definition) is 2. The van der Waals surface area contributed by atoms with Crippen LogP contribution in [0.3, 0.4) is 0 Å². The lowest BCUT2D eigenvalue weighted by Crippen LogP contribution is -2.45. The summed E-state index contributed by atoms with van der Waals surface area (Å²) >= 11 is 0. The number of carbonyl (C=O) groups excluding carboxylic acids is 1. The molecule has 0 aliphatic carbocycles. The van der Waals surface area contributed by atoms with Gasteiger partial charge in [-0.25, -0.2) is 4.39 Å². The average molecular weight is 434 g/mol. The molecule has 7 heteroatoms. The van der Waals surface area contributed by atoms with Crippen molar-refractivity contribution in [1.82, 2.24) is 9.80 Å². The zero-order valence-corrected chi connectivity index (χ0v) is 17.2. The Labute approximate surface area is 179 Å². The number of likely N-dealkylation sites (tertiary alicyclic amines) is 2. The van der Waals surface area contributed by atoms with E-state index in [0.717, 1.165) is 49.9 Å². The molecule has 2 atom stereocenters. The molecule has 2 aliphatic rings. The molecule has 3 nitrogen and oxygen atoms in total. The lowest BCUT2D eigenvalue weighted by molar-refractivity contribution is -0.137. The van der Waals surface area contributed by atoms with Gasteiger partial charge in [0, 0.05) is 30.7 Å². The standard InChI is InChI=1S/C24H26F4N2O/c25-15-21-3-1-13-29(21)16-22-4-2-14-30(22)23(31)19-7-5-17(6-8-19)18-9-11-20(12-10-18)24(26,27)28/h5-12,21-22H,1-4,13-16H2/t21-,22?/m0/s1. The summed E-state index contributed by atoms with van der Waals surface area (Å²) in [6.07, 6.45) is -0.622. The molecule has 0 spiro atoms. The van der Waals surface area contributed by atoms with Crippen LogP contribution in [0.4, 0.5) is 17.6 Å². The summed E-state index contributed by atoms with van der Waals surface area (Å²) in [4.78, 5) is 17.2. The van der Waals surface area contributed by atoms with Gasteiger partial charge in [0.1, 0.15) is 6.67 Å². The van der Waals surface area contributed by atoms with Crippen LogP contribution in [0.25, 0.3) is 11.1 Å². The van der Waals surface area contributed by atoms with Crippen molar-refractivity contribution in [3.05, 3.63) is 59.7 Å². The van der Waals surface area contributed by atoms with E-state index in [0.29, 0.717) is 24.2 Å². The Morgan fingerprint density at radius 2 is 1.45 bits per heavy atom. The molecule has 0 bridgehead atoms. The maximum Gasteiger partial charge on any atom is 0.416 e. The van der Waals surface area contributed by atoms with E-state index in [1.165, 1.54) is 12.1 Å². The van der Waals surface area contributed by atoms with E-state index in [1.54, 1.807) is 24.3 Å². The number of amides is 1. The van der Waals surface area contributed by atoms with Gasteiger partial charge < -0.3 is 4.90 Å². The molecule has 0 saturated carbocycles. The predicted octanol–water partition coefficient (Wildman–Crippen LogP) is 5.41. The van der Waals surface area contributed by atoms with E-state index in [4.69, 9.17) is 0 Å². The van der Waals surface area contributed by atoms with Crippen molar-refractivity contribution in [2.24, 2.45) is 0 Å². The van der Waals surface area contributed by atoms with Gasteiger partial charge in [0.25, 0.3) is 5.91 Å². The first-order chi connectivity index (χ1) is 14.9. The Kier molecular flexibility index (Phi) is 6.32. The van der Waals surface area contributed by atoms with Crippen molar-refractivity contribution < 1.29 is 22.4 Å². The normalized spacial score (nSPS) is 22.3. The number of alkyl halides is 4. The molecule has 0 radical (unpaired) electrons. The lowest BCUT2D eigenvalue weighted by atomic mass is 10.0. The van der Waals surface area contributed by atoms with Crippen molar-refractivity contribution in [1.29, 1.82) is 0 Å². The molecule has 0 aromatic heterocycles. The molecule has 2 fully saturated rings. The summed E-state index contributed by atoms with van der Waals surface area (Å²) in [5.41, 5.74) is 1.30. The fourth-order valence-corrected chi connectivity index (χ4v) is 4.70. The monoisotopic (exact) mass is 434 g/mol. The van der Waals surface area contributed by atoms with Crippen LogP contribution in [0, 0.1) is 0 Å². The minimum absolute atomic E-state index is 0.0273. The van der Waals surface area contributed by atoms with Crippen LogP contribution in [0.2, 0.25) is 0 Å². The van der Waals surface area contributed by atoms with Gasteiger partial charge >= 0.3 is 6.18 Å². The van der Waals surface area contributed by atoms with Crippen molar-refractivity contribution in [3.8, 4) is 11.1 Å². The molecule has 0 N–H and O–H groups in total. The highest BCUT2D eigenvalue weighted by Gasteiger charge is 2.34. The smallest absolute Gasteiger partial charge is 0.334 e. The summed E-state index contributed by atoms with van der Waals surface area (Å²) in [5.74, 6) is -0.0440. The third-order valence-corrected chi connectivity index (χ3v) is 6.44. The second kappa shape index (κ2) is 8.99. The van der Waals surface area contributed by atoms with Crippen LogP contribution in [0.1, 0.15) is 41.6 Å². The summed E-state index contributed by atoms with van der Waals surface area (Å²) in [6, 6.07) is 12.0. The molecule has 2 aliphatic heterocycles. The van der Waals surface area contributed by atoms with Crippen LogP contribution in [-0.4, -0.2) is 54.1 Å². The molecule has 2 saturated heterocycles.